The second-order valence-electron chi connectivity index (χ2n) is 4.14. The first kappa shape index (κ1) is 17.4. The van der Waals surface area contributed by atoms with Gasteiger partial charge in [0.1, 0.15) is 0 Å². The van der Waals surface area contributed by atoms with E-state index in [2.05, 4.69) is 43.4 Å². The van der Waals surface area contributed by atoms with Gasteiger partial charge in [0.05, 0.1) is 12.4 Å². The summed E-state index contributed by atoms with van der Waals surface area (Å²) in [5.74, 6) is 0.244. The highest BCUT2D eigenvalue weighted by Crippen LogP contribution is 2.25. The average Bonchev–Trinajstić information content (AvgIpc) is 2.96. The third-order valence-electron chi connectivity index (χ3n) is 2.44. The topological polar surface area (TPSA) is 76.1 Å². The van der Waals surface area contributed by atoms with Crippen LogP contribution in [-0.4, -0.2) is 42.1 Å². The number of benzene rings is 1. The Bertz CT molecular complexity index is 606. The van der Waals surface area contributed by atoms with Crippen molar-refractivity contribution in [3.05, 3.63) is 27.8 Å². The Balaban J connectivity index is 1.75. The summed E-state index contributed by atoms with van der Waals surface area (Å²) in [5.41, 5.74) is 0.796. The fourth-order valence-corrected chi connectivity index (χ4v) is 3.39. The molecule has 0 bridgehead atoms. The van der Waals surface area contributed by atoms with Crippen LogP contribution in [0, 0.1) is 3.57 Å². The van der Waals surface area contributed by atoms with Crippen molar-refractivity contribution in [2.75, 3.05) is 36.6 Å². The van der Waals surface area contributed by atoms with Crippen molar-refractivity contribution in [1.82, 2.24) is 10.2 Å². The standard InChI is InChI=1S/C13H15IN4O2S2/c1-20-7-6-15-12-17-18-13(22-12)21-8-11(19)16-10-4-2-9(14)3-5-10/h2-5H,6-8H2,1H3,(H,15,17)(H,16,19). The molecule has 0 fully saturated rings. The van der Waals surface area contributed by atoms with Crippen molar-refractivity contribution in [2.24, 2.45) is 0 Å². The second-order valence-corrected chi connectivity index (χ2v) is 7.58. The Morgan fingerprint density at radius 2 is 2.14 bits per heavy atom. The molecule has 9 heteroatoms. The lowest BCUT2D eigenvalue weighted by atomic mass is 10.3. The van der Waals surface area contributed by atoms with Gasteiger partial charge in [0, 0.05) is 22.9 Å². The summed E-state index contributed by atoms with van der Waals surface area (Å²) >= 11 is 5.02. The molecule has 2 rings (SSSR count). The van der Waals surface area contributed by atoms with E-state index in [0.29, 0.717) is 18.9 Å². The first-order valence-corrected chi connectivity index (χ1v) is 9.30. The maximum absolute atomic E-state index is 11.9. The van der Waals surface area contributed by atoms with Gasteiger partial charge in [-0.25, -0.2) is 0 Å². The summed E-state index contributed by atoms with van der Waals surface area (Å²) < 4.78 is 6.84. The highest BCUT2D eigenvalue weighted by Gasteiger charge is 2.08. The van der Waals surface area contributed by atoms with Crippen LogP contribution in [0.4, 0.5) is 10.8 Å². The number of hydrogen-bond donors (Lipinski definition) is 2. The van der Waals surface area contributed by atoms with E-state index in [9.17, 15) is 4.79 Å². The van der Waals surface area contributed by atoms with Gasteiger partial charge in [-0.15, -0.1) is 10.2 Å². The van der Waals surface area contributed by atoms with Crippen molar-refractivity contribution in [3.8, 4) is 0 Å². The summed E-state index contributed by atoms with van der Waals surface area (Å²) in [6.07, 6.45) is 0. The molecule has 0 atom stereocenters. The molecule has 2 N–H and O–H groups in total. The van der Waals surface area contributed by atoms with Crippen LogP contribution < -0.4 is 10.6 Å². The Morgan fingerprint density at radius 1 is 1.36 bits per heavy atom. The number of methoxy groups -OCH3 is 1. The van der Waals surface area contributed by atoms with Crippen molar-refractivity contribution in [1.29, 1.82) is 0 Å². The number of aromatic nitrogens is 2. The Labute approximate surface area is 150 Å². The van der Waals surface area contributed by atoms with E-state index >= 15 is 0 Å². The van der Waals surface area contributed by atoms with Gasteiger partial charge in [-0.1, -0.05) is 23.1 Å². The molecule has 6 nitrogen and oxygen atoms in total. The largest absolute Gasteiger partial charge is 0.383 e. The zero-order valence-electron chi connectivity index (χ0n) is 11.8. The number of nitrogens with one attached hydrogen (secondary N) is 2. The number of thioether (sulfide) groups is 1. The molecule has 0 aliphatic heterocycles. The third kappa shape index (κ3) is 6.07. The molecule has 0 aliphatic rings. The fraction of sp³-hybridized carbons (Fsp3) is 0.308. The Morgan fingerprint density at radius 3 is 2.86 bits per heavy atom. The smallest absolute Gasteiger partial charge is 0.234 e. The minimum Gasteiger partial charge on any atom is -0.383 e. The van der Waals surface area contributed by atoms with E-state index in [1.54, 1.807) is 7.11 Å². The zero-order chi connectivity index (χ0) is 15.8. The number of amides is 1. The second kappa shape index (κ2) is 9.28. The molecule has 0 spiro atoms. The van der Waals surface area contributed by atoms with Crippen LogP contribution in [-0.2, 0) is 9.53 Å². The molecule has 1 aromatic carbocycles. The van der Waals surface area contributed by atoms with Crippen LogP contribution in [0.5, 0.6) is 0 Å². The fourth-order valence-electron chi connectivity index (χ4n) is 1.46. The maximum atomic E-state index is 11.9. The van der Waals surface area contributed by atoms with Gasteiger partial charge in [-0.2, -0.15) is 0 Å². The SMILES string of the molecule is COCCNc1nnc(SCC(=O)Nc2ccc(I)cc2)s1. The van der Waals surface area contributed by atoms with Crippen molar-refractivity contribution < 1.29 is 9.53 Å². The minimum absolute atomic E-state index is 0.0599. The Kier molecular flexibility index (Phi) is 7.36. The molecule has 118 valence electrons. The number of hydrogen-bond acceptors (Lipinski definition) is 7. The van der Waals surface area contributed by atoms with Crippen LogP contribution in [0.15, 0.2) is 28.6 Å². The lowest BCUT2D eigenvalue weighted by Gasteiger charge is -2.03. The quantitative estimate of drug-likeness (QED) is 0.366. The maximum Gasteiger partial charge on any atom is 0.234 e. The predicted octanol–water partition coefficient (Wildman–Crippen LogP) is 2.93. The van der Waals surface area contributed by atoms with Crippen LogP contribution in [0.2, 0.25) is 0 Å². The first-order chi connectivity index (χ1) is 10.7. The lowest BCUT2D eigenvalue weighted by Crippen LogP contribution is -2.13. The molecule has 0 radical (unpaired) electrons. The van der Waals surface area contributed by atoms with Gasteiger partial charge >= 0.3 is 0 Å². The van der Waals surface area contributed by atoms with E-state index in [1.165, 1.54) is 23.1 Å². The highest BCUT2D eigenvalue weighted by atomic mass is 127. The number of anilines is 2. The van der Waals surface area contributed by atoms with Crippen molar-refractivity contribution in [2.45, 2.75) is 4.34 Å². The van der Waals surface area contributed by atoms with Crippen LogP contribution in [0.25, 0.3) is 0 Å². The van der Waals surface area contributed by atoms with Crippen molar-refractivity contribution in [3.63, 3.8) is 0 Å². The molecule has 0 saturated heterocycles. The van der Waals surface area contributed by atoms with Crippen LogP contribution in [0.3, 0.4) is 0 Å². The van der Waals surface area contributed by atoms with Gasteiger partial charge in [-0.3, -0.25) is 4.79 Å². The molecule has 0 saturated carbocycles. The number of ether oxygens (including phenoxy) is 1. The number of rotatable bonds is 8. The number of carbonyl (C=O) groups excluding carboxylic acids is 1. The lowest BCUT2D eigenvalue weighted by molar-refractivity contribution is -0.113. The number of halogens is 1. The normalized spacial score (nSPS) is 10.5. The van der Waals surface area contributed by atoms with E-state index in [-0.39, 0.29) is 5.91 Å². The van der Waals surface area contributed by atoms with E-state index in [1.807, 2.05) is 24.3 Å². The minimum atomic E-state index is -0.0599. The summed E-state index contributed by atoms with van der Waals surface area (Å²) in [4.78, 5) is 11.9. The van der Waals surface area contributed by atoms with Gasteiger partial charge in [0.15, 0.2) is 4.34 Å². The molecule has 2 aromatic rings. The third-order valence-corrected chi connectivity index (χ3v) is 5.18. The monoisotopic (exact) mass is 450 g/mol. The van der Waals surface area contributed by atoms with Crippen molar-refractivity contribution >= 4 is 62.4 Å². The van der Waals surface area contributed by atoms with Gasteiger partial charge in [-0.05, 0) is 46.9 Å². The first-order valence-electron chi connectivity index (χ1n) is 6.42. The molecule has 0 unspecified atom stereocenters. The van der Waals surface area contributed by atoms with Gasteiger partial charge in [0.2, 0.25) is 11.0 Å². The molecule has 22 heavy (non-hydrogen) atoms. The summed E-state index contributed by atoms with van der Waals surface area (Å²) in [6, 6.07) is 7.66. The molecule has 1 heterocycles. The van der Waals surface area contributed by atoms with E-state index < -0.39 is 0 Å². The summed E-state index contributed by atoms with van der Waals surface area (Å²) in [6.45, 7) is 1.30. The molecule has 1 aromatic heterocycles. The molecule has 1 amide bonds. The number of carbonyl (C=O) groups is 1. The molecule has 0 aliphatic carbocycles. The van der Waals surface area contributed by atoms with E-state index in [4.69, 9.17) is 4.74 Å². The molecular formula is C13H15IN4O2S2. The molecular weight excluding hydrogens is 435 g/mol. The highest BCUT2D eigenvalue weighted by molar-refractivity contribution is 14.1. The van der Waals surface area contributed by atoms with Gasteiger partial charge < -0.3 is 15.4 Å². The van der Waals surface area contributed by atoms with Gasteiger partial charge in [0.25, 0.3) is 0 Å². The predicted molar refractivity (Wildman–Crippen MR) is 98.8 cm³/mol. The average molecular weight is 450 g/mol. The Hall–Kier alpha value is -0.910. The summed E-state index contributed by atoms with van der Waals surface area (Å²) in [5, 5.41) is 14.7. The summed E-state index contributed by atoms with van der Waals surface area (Å²) in [7, 11) is 1.65. The number of nitrogens with zero attached hydrogens (tertiary/aromatic N) is 2. The van der Waals surface area contributed by atoms with Crippen LogP contribution >= 0.6 is 45.7 Å². The van der Waals surface area contributed by atoms with E-state index in [0.717, 1.165) is 18.7 Å². The van der Waals surface area contributed by atoms with Crippen LogP contribution in [0.1, 0.15) is 0 Å². The zero-order valence-corrected chi connectivity index (χ0v) is 15.6.